The third-order valence-corrected chi connectivity index (χ3v) is 4.78. The van der Waals surface area contributed by atoms with Crippen LogP contribution in [-0.2, 0) is 11.8 Å². The maximum Gasteiger partial charge on any atom is 0.257 e. The van der Waals surface area contributed by atoms with Gasteiger partial charge < -0.3 is 19.3 Å². The Morgan fingerprint density at radius 3 is 2.63 bits per heavy atom. The molecule has 0 saturated heterocycles. The van der Waals surface area contributed by atoms with E-state index in [0.29, 0.717) is 35.7 Å². The van der Waals surface area contributed by atoms with Gasteiger partial charge in [-0.15, -0.1) is 0 Å². The fourth-order valence-corrected chi connectivity index (χ4v) is 3.31. The number of fused-ring (bicyclic) bond motifs is 1. The largest absolute Gasteiger partial charge is 0.494 e. The third-order valence-electron chi connectivity index (χ3n) is 4.78. The second kappa shape index (κ2) is 8.03. The number of aromatic hydroxyl groups is 1. The summed E-state index contributed by atoms with van der Waals surface area (Å²) in [6.45, 7) is 2.78. The van der Waals surface area contributed by atoms with Gasteiger partial charge in [-0.1, -0.05) is 0 Å². The van der Waals surface area contributed by atoms with Crippen LogP contribution in [0, 0.1) is 6.92 Å². The van der Waals surface area contributed by atoms with Crippen LogP contribution >= 0.6 is 0 Å². The monoisotopic (exact) mass is 409 g/mol. The highest BCUT2D eigenvalue weighted by Crippen LogP contribution is 2.35. The van der Waals surface area contributed by atoms with Crippen LogP contribution < -0.4 is 9.47 Å². The highest BCUT2D eigenvalue weighted by atomic mass is 16.5. The summed E-state index contributed by atoms with van der Waals surface area (Å²) < 4.78 is 19.4. The molecule has 0 radical (unpaired) electrons. The summed E-state index contributed by atoms with van der Waals surface area (Å²) in [7, 11) is 5.01. The summed E-state index contributed by atoms with van der Waals surface area (Å²) in [6.07, 6.45) is 7.00. The molecule has 4 aromatic heterocycles. The van der Waals surface area contributed by atoms with E-state index in [9.17, 15) is 5.11 Å². The second-order valence-electron chi connectivity index (χ2n) is 6.85. The average Bonchev–Trinajstić information content (AvgIpc) is 3.31. The fourth-order valence-electron chi connectivity index (χ4n) is 3.31. The highest BCUT2D eigenvalue weighted by molar-refractivity contribution is 5.90. The zero-order chi connectivity index (χ0) is 21.3. The van der Waals surface area contributed by atoms with Crippen molar-refractivity contribution < 1.29 is 19.3 Å². The van der Waals surface area contributed by atoms with Crippen molar-refractivity contribution in [1.29, 1.82) is 0 Å². The molecule has 0 aliphatic rings. The molecule has 9 heteroatoms. The van der Waals surface area contributed by atoms with Crippen molar-refractivity contribution in [3.63, 3.8) is 0 Å². The first-order chi connectivity index (χ1) is 14.5. The number of hydrogen-bond donors (Lipinski definition) is 1. The van der Waals surface area contributed by atoms with Crippen LogP contribution in [0.2, 0.25) is 0 Å². The molecule has 0 spiro atoms. The van der Waals surface area contributed by atoms with E-state index in [0.717, 1.165) is 22.5 Å². The van der Waals surface area contributed by atoms with Gasteiger partial charge in [-0.25, -0.2) is 9.97 Å². The van der Waals surface area contributed by atoms with E-state index in [1.165, 1.54) is 0 Å². The number of aryl methyl sites for hydroxylation is 2. The quantitative estimate of drug-likeness (QED) is 0.469. The highest BCUT2D eigenvalue weighted by Gasteiger charge is 2.17. The van der Waals surface area contributed by atoms with Gasteiger partial charge in [0.15, 0.2) is 5.75 Å². The Balaban J connectivity index is 1.74. The molecular weight excluding hydrogens is 386 g/mol. The van der Waals surface area contributed by atoms with E-state index >= 15 is 0 Å². The molecule has 156 valence electrons. The van der Waals surface area contributed by atoms with E-state index in [2.05, 4.69) is 10.1 Å². The van der Waals surface area contributed by atoms with Crippen LogP contribution in [0.5, 0.6) is 17.5 Å². The van der Waals surface area contributed by atoms with E-state index in [1.54, 1.807) is 42.1 Å². The summed E-state index contributed by atoms with van der Waals surface area (Å²) in [4.78, 5) is 9.11. The smallest absolute Gasteiger partial charge is 0.257 e. The lowest BCUT2D eigenvalue weighted by Crippen LogP contribution is -2.06. The van der Waals surface area contributed by atoms with Crippen molar-refractivity contribution in [3.8, 4) is 34.5 Å². The van der Waals surface area contributed by atoms with Crippen molar-refractivity contribution in [1.82, 2.24) is 24.3 Å². The van der Waals surface area contributed by atoms with Crippen LogP contribution in [0.15, 0.2) is 36.9 Å². The van der Waals surface area contributed by atoms with Gasteiger partial charge in [0.25, 0.3) is 5.88 Å². The van der Waals surface area contributed by atoms with E-state index in [4.69, 9.17) is 19.2 Å². The van der Waals surface area contributed by atoms with Crippen LogP contribution in [0.4, 0.5) is 0 Å². The fraction of sp³-hybridized carbons (Fsp3) is 0.286. The lowest BCUT2D eigenvalue weighted by atomic mass is 10.1. The van der Waals surface area contributed by atoms with Gasteiger partial charge in [0.1, 0.15) is 6.61 Å². The molecule has 0 atom stereocenters. The molecule has 0 amide bonds. The van der Waals surface area contributed by atoms with Gasteiger partial charge in [-0.2, -0.15) is 5.10 Å². The second-order valence-corrected chi connectivity index (χ2v) is 6.85. The minimum absolute atomic E-state index is 0.132. The first-order valence-corrected chi connectivity index (χ1v) is 9.38. The standard InChI is InChI=1S/C21H23N5O4/c1-13-7-16(14-8-18(29-4)20(22-9-14)30-6-5-28-3)24-17-12-26(21(27)19(13)17)15-10-23-25(2)11-15/h7-12,27H,5-6H2,1-4H3. The number of ether oxygens (including phenoxy) is 3. The molecular formula is C21H23N5O4. The maximum absolute atomic E-state index is 10.7. The van der Waals surface area contributed by atoms with Gasteiger partial charge in [-0.05, 0) is 24.6 Å². The summed E-state index contributed by atoms with van der Waals surface area (Å²) >= 11 is 0. The SMILES string of the molecule is COCCOc1ncc(-c2cc(C)c3c(O)n(-c4cnn(C)c4)cc3n2)cc1OC. The zero-order valence-electron chi connectivity index (χ0n) is 17.3. The Morgan fingerprint density at radius 2 is 1.93 bits per heavy atom. The molecule has 0 bridgehead atoms. The molecule has 4 aromatic rings. The van der Waals surface area contributed by atoms with Gasteiger partial charge in [0, 0.05) is 38.3 Å². The zero-order valence-corrected chi connectivity index (χ0v) is 17.3. The minimum atomic E-state index is 0.132. The Kier molecular flexibility index (Phi) is 5.28. The number of aromatic nitrogens is 5. The van der Waals surface area contributed by atoms with Gasteiger partial charge in [-0.3, -0.25) is 9.25 Å². The van der Waals surface area contributed by atoms with Gasteiger partial charge >= 0.3 is 0 Å². The maximum atomic E-state index is 10.7. The molecule has 0 aliphatic heterocycles. The van der Waals surface area contributed by atoms with Crippen LogP contribution in [0.25, 0.3) is 27.8 Å². The van der Waals surface area contributed by atoms with Crippen LogP contribution in [-0.4, -0.2) is 56.9 Å². The molecule has 0 fully saturated rings. The summed E-state index contributed by atoms with van der Waals surface area (Å²) in [5.41, 5.74) is 3.83. The Hall–Kier alpha value is -3.59. The predicted molar refractivity (Wildman–Crippen MR) is 111 cm³/mol. The minimum Gasteiger partial charge on any atom is -0.494 e. The van der Waals surface area contributed by atoms with Gasteiger partial charge in [0.2, 0.25) is 5.88 Å². The summed E-state index contributed by atoms with van der Waals surface area (Å²) in [5, 5.41) is 15.6. The van der Waals surface area contributed by atoms with E-state index in [-0.39, 0.29) is 5.88 Å². The van der Waals surface area contributed by atoms with Crippen molar-refractivity contribution in [2.75, 3.05) is 27.4 Å². The molecule has 30 heavy (non-hydrogen) atoms. The van der Waals surface area contributed by atoms with Crippen molar-refractivity contribution in [2.45, 2.75) is 6.92 Å². The summed E-state index contributed by atoms with van der Waals surface area (Å²) in [6, 6.07) is 3.75. The Bertz CT molecular complexity index is 1200. The van der Waals surface area contributed by atoms with Gasteiger partial charge in [0.05, 0.1) is 42.2 Å². The molecule has 4 heterocycles. The van der Waals surface area contributed by atoms with Crippen molar-refractivity contribution in [2.24, 2.45) is 7.05 Å². The molecule has 0 saturated carbocycles. The van der Waals surface area contributed by atoms with E-state index in [1.807, 2.05) is 32.3 Å². The lowest BCUT2D eigenvalue weighted by molar-refractivity contribution is 0.141. The first kappa shape index (κ1) is 19.7. The molecule has 0 aromatic carbocycles. The predicted octanol–water partition coefficient (Wildman–Crippen LogP) is 2.87. The Labute approximate surface area is 173 Å². The van der Waals surface area contributed by atoms with Crippen molar-refractivity contribution in [3.05, 3.63) is 42.5 Å². The number of rotatable bonds is 7. The average molecular weight is 409 g/mol. The molecule has 4 rings (SSSR count). The normalized spacial score (nSPS) is 11.2. The molecule has 9 nitrogen and oxygen atoms in total. The lowest BCUT2D eigenvalue weighted by Gasteiger charge is -2.11. The Morgan fingerprint density at radius 1 is 1.10 bits per heavy atom. The third kappa shape index (κ3) is 3.55. The van der Waals surface area contributed by atoms with Crippen LogP contribution in [0.1, 0.15) is 5.56 Å². The van der Waals surface area contributed by atoms with E-state index < -0.39 is 0 Å². The topological polar surface area (TPSA) is 96.5 Å². The number of hydrogen-bond acceptors (Lipinski definition) is 7. The summed E-state index contributed by atoms with van der Waals surface area (Å²) in [5.74, 6) is 1.04. The molecule has 0 unspecified atom stereocenters. The number of methoxy groups -OCH3 is 2. The number of nitrogens with zero attached hydrogens (tertiary/aromatic N) is 5. The molecule has 1 N–H and O–H groups in total. The molecule has 0 aliphatic carbocycles. The van der Waals surface area contributed by atoms with Crippen molar-refractivity contribution >= 4 is 10.9 Å². The van der Waals surface area contributed by atoms with Crippen LogP contribution in [0.3, 0.4) is 0 Å². The number of pyridine rings is 2. The first-order valence-electron chi connectivity index (χ1n) is 9.38.